The van der Waals surface area contributed by atoms with Crippen LogP contribution < -0.4 is 0 Å². The Balaban J connectivity index is 2.25. The van der Waals surface area contributed by atoms with E-state index in [-0.39, 0.29) is 29.1 Å². The topological polar surface area (TPSA) is 63.6 Å². The minimum Gasteiger partial charge on any atom is -0.456 e. The van der Waals surface area contributed by atoms with Gasteiger partial charge in [0.05, 0.1) is 0 Å². The molecule has 0 spiro atoms. The largest absolute Gasteiger partial charge is 0.456 e. The maximum absolute atomic E-state index is 12.5. The van der Waals surface area contributed by atoms with Gasteiger partial charge in [-0.3, -0.25) is 4.79 Å². The van der Waals surface area contributed by atoms with Crippen molar-refractivity contribution in [3.05, 3.63) is 11.6 Å². The van der Waals surface area contributed by atoms with Gasteiger partial charge in [-0.25, -0.2) is 4.79 Å². The highest BCUT2D eigenvalue weighted by atomic mass is 16.6. The Morgan fingerprint density at radius 2 is 2.00 bits per heavy atom. The van der Waals surface area contributed by atoms with Crippen molar-refractivity contribution in [1.29, 1.82) is 0 Å². The zero-order valence-corrected chi connectivity index (χ0v) is 15.9. The Kier molecular flexibility index (Phi) is 5.29. The van der Waals surface area contributed by atoms with Crippen LogP contribution in [0, 0.1) is 23.2 Å². The molecular weight excluding hydrogens is 304 g/mol. The minimum absolute atomic E-state index is 0.0127. The van der Waals surface area contributed by atoms with Gasteiger partial charge < -0.3 is 9.84 Å². The van der Waals surface area contributed by atoms with Crippen molar-refractivity contribution < 1.29 is 19.4 Å². The number of carbonyl (C=O) groups excluding carboxylic acids is 2. The fraction of sp³-hybridized carbons (Fsp3) is 0.800. The molecule has 2 aliphatic rings. The molecule has 5 unspecified atom stereocenters. The van der Waals surface area contributed by atoms with Crippen LogP contribution >= 0.6 is 0 Å². The third kappa shape index (κ3) is 3.30. The molecule has 2 aliphatic carbocycles. The van der Waals surface area contributed by atoms with Crippen LogP contribution in [0.3, 0.4) is 0 Å². The average Bonchev–Trinajstić information content (AvgIpc) is 2.48. The molecule has 0 bridgehead atoms. The second kappa shape index (κ2) is 6.62. The van der Waals surface area contributed by atoms with Crippen molar-refractivity contribution in [1.82, 2.24) is 0 Å². The molecular formula is C20H32O4. The Morgan fingerprint density at radius 3 is 2.54 bits per heavy atom. The highest BCUT2D eigenvalue weighted by Crippen LogP contribution is 2.55. The van der Waals surface area contributed by atoms with E-state index in [2.05, 4.69) is 20.8 Å². The molecule has 0 aromatic carbocycles. The summed E-state index contributed by atoms with van der Waals surface area (Å²) in [6, 6.07) is 0. The molecule has 5 atom stereocenters. The molecule has 0 saturated heterocycles. The number of Topliss-reactive ketones (excluding diaryl/α,β-unsaturated/α-hetero) is 1. The highest BCUT2D eigenvalue weighted by Gasteiger charge is 2.58. The zero-order chi connectivity index (χ0) is 18.3. The Hall–Kier alpha value is -1.16. The molecule has 0 amide bonds. The number of hydrogen-bond donors (Lipinski definition) is 1. The van der Waals surface area contributed by atoms with Crippen LogP contribution in [0.5, 0.6) is 0 Å². The molecule has 0 heterocycles. The maximum atomic E-state index is 12.5. The van der Waals surface area contributed by atoms with Gasteiger partial charge in [0.25, 0.3) is 0 Å². The van der Waals surface area contributed by atoms with E-state index in [1.165, 1.54) is 0 Å². The van der Waals surface area contributed by atoms with Gasteiger partial charge >= 0.3 is 5.97 Å². The minimum atomic E-state index is -1.11. The third-order valence-electron chi connectivity index (χ3n) is 6.47. The van der Waals surface area contributed by atoms with E-state index in [1.54, 1.807) is 26.8 Å². The van der Waals surface area contributed by atoms with Gasteiger partial charge in [-0.1, -0.05) is 26.8 Å². The van der Waals surface area contributed by atoms with E-state index in [1.807, 2.05) is 0 Å². The van der Waals surface area contributed by atoms with Gasteiger partial charge in [-0.05, 0) is 57.3 Å². The summed E-state index contributed by atoms with van der Waals surface area (Å²) >= 11 is 0. The summed E-state index contributed by atoms with van der Waals surface area (Å²) in [5, 5.41) is 11.3. The van der Waals surface area contributed by atoms with Gasteiger partial charge in [-0.15, -0.1) is 0 Å². The van der Waals surface area contributed by atoms with E-state index in [9.17, 15) is 14.7 Å². The van der Waals surface area contributed by atoms with Gasteiger partial charge in [0, 0.05) is 17.9 Å². The van der Waals surface area contributed by atoms with Crippen LogP contribution in [-0.2, 0) is 14.3 Å². The van der Waals surface area contributed by atoms with Crippen molar-refractivity contribution >= 4 is 11.8 Å². The van der Waals surface area contributed by atoms with Crippen molar-refractivity contribution in [2.75, 3.05) is 0 Å². The van der Waals surface area contributed by atoms with E-state index >= 15 is 0 Å². The molecule has 1 N–H and O–H groups in total. The lowest BCUT2D eigenvalue weighted by atomic mass is 9.51. The lowest BCUT2D eigenvalue weighted by Gasteiger charge is -2.56. The molecule has 0 radical (unpaired) electrons. The molecule has 2 saturated carbocycles. The molecule has 4 heteroatoms. The monoisotopic (exact) mass is 336 g/mol. The van der Waals surface area contributed by atoms with E-state index < -0.39 is 11.7 Å². The first kappa shape index (κ1) is 19.2. The van der Waals surface area contributed by atoms with E-state index in [4.69, 9.17) is 4.74 Å². The molecule has 24 heavy (non-hydrogen) atoms. The van der Waals surface area contributed by atoms with Crippen molar-refractivity contribution in [2.24, 2.45) is 23.2 Å². The fourth-order valence-electron chi connectivity index (χ4n) is 4.67. The number of fused-ring (bicyclic) bond motifs is 1. The van der Waals surface area contributed by atoms with Crippen molar-refractivity contribution in [2.45, 2.75) is 78.9 Å². The number of allylic oxidation sites excluding steroid dienone is 1. The van der Waals surface area contributed by atoms with Crippen LogP contribution in [0.2, 0.25) is 0 Å². The number of ether oxygens (including phenoxy) is 1. The number of hydrogen-bond acceptors (Lipinski definition) is 4. The summed E-state index contributed by atoms with van der Waals surface area (Å²) in [7, 11) is 0. The lowest BCUT2D eigenvalue weighted by Crippen LogP contribution is -2.61. The normalized spacial score (nSPS) is 40.4. The number of rotatable bonds is 3. The molecule has 2 rings (SSSR count). The first-order chi connectivity index (χ1) is 11.0. The van der Waals surface area contributed by atoms with Crippen molar-refractivity contribution in [3.8, 4) is 0 Å². The van der Waals surface area contributed by atoms with Crippen LogP contribution in [0.25, 0.3) is 0 Å². The van der Waals surface area contributed by atoms with Crippen molar-refractivity contribution in [3.63, 3.8) is 0 Å². The molecule has 0 aliphatic heterocycles. The number of aliphatic hydroxyl groups is 1. The summed E-state index contributed by atoms with van der Waals surface area (Å²) in [6.07, 6.45) is 3.80. The Labute approximate surface area is 145 Å². The SMILES string of the molecule is CC=C(C)C(=O)OC1CCC2(C)CC(=O)C(C(C)C)CC2C1(C)O. The zero-order valence-electron chi connectivity index (χ0n) is 15.9. The fourth-order valence-corrected chi connectivity index (χ4v) is 4.67. The quantitative estimate of drug-likeness (QED) is 0.631. The molecule has 4 nitrogen and oxygen atoms in total. The van der Waals surface area contributed by atoms with Gasteiger partial charge in [0.15, 0.2) is 0 Å². The number of ketones is 1. The van der Waals surface area contributed by atoms with E-state index in [0.717, 1.165) is 6.42 Å². The molecule has 2 fully saturated rings. The second-order valence-electron chi connectivity index (χ2n) is 8.57. The Morgan fingerprint density at radius 1 is 1.38 bits per heavy atom. The third-order valence-corrected chi connectivity index (χ3v) is 6.47. The van der Waals surface area contributed by atoms with Gasteiger partial charge in [-0.2, -0.15) is 0 Å². The smallest absolute Gasteiger partial charge is 0.333 e. The average molecular weight is 336 g/mol. The maximum Gasteiger partial charge on any atom is 0.333 e. The summed E-state index contributed by atoms with van der Waals surface area (Å²) in [5.74, 6) is 0.179. The summed E-state index contributed by atoms with van der Waals surface area (Å²) < 4.78 is 5.63. The number of carbonyl (C=O) groups is 2. The highest BCUT2D eigenvalue weighted by molar-refractivity contribution is 5.87. The van der Waals surface area contributed by atoms with Gasteiger partial charge in [0.2, 0.25) is 0 Å². The number of esters is 1. The van der Waals surface area contributed by atoms with Gasteiger partial charge in [0.1, 0.15) is 17.5 Å². The van der Waals surface area contributed by atoms with Crippen LogP contribution in [-0.4, -0.2) is 28.6 Å². The van der Waals surface area contributed by atoms with Crippen LogP contribution in [0.15, 0.2) is 11.6 Å². The van der Waals surface area contributed by atoms with Crippen LogP contribution in [0.4, 0.5) is 0 Å². The molecule has 0 aromatic rings. The summed E-state index contributed by atoms with van der Waals surface area (Å²) in [4.78, 5) is 24.7. The van der Waals surface area contributed by atoms with E-state index in [0.29, 0.717) is 30.6 Å². The second-order valence-corrected chi connectivity index (χ2v) is 8.57. The molecule has 0 aromatic heterocycles. The standard InChI is InChI=1S/C20H32O4/c1-7-13(4)18(22)24-17-8-9-19(5)11-15(21)14(12(2)3)10-16(19)20(17,6)23/h7,12,14,16-17,23H,8-11H2,1-6H3. The predicted molar refractivity (Wildman–Crippen MR) is 93.3 cm³/mol. The first-order valence-electron chi connectivity index (χ1n) is 9.12. The summed E-state index contributed by atoms with van der Waals surface area (Å²) in [5.41, 5.74) is -0.757. The van der Waals surface area contributed by atoms with Crippen LogP contribution in [0.1, 0.15) is 67.2 Å². The summed E-state index contributed by atoms with van der Waals surface area (Å²) in [6.45, 7) is 11.5. The predicted octanol–water partition coefficient (Wildman–Crippen LogP) is 3.67. The first-order valence-corrected chi connectivity index (χ1v) is 9.12. The lowest BCUT2D eigenvalue weighted by molar-refractivity contribution is -0.204. The Bertz CT molecular complexity index is 546. The molecule has 136 valence electrons.